The van der Waals surface area contributed by atoms with Gasteiger partial charge < -0.3 is 10.0 Å². The van der Waals surface area contributed by atoms with Crippen molar-refractivity contribution in [2.45, 2.75) is 6.42 Å². The van der Waals surface area contributed by atoms with Gasteiger partial charge in [0.2, 0.25) is 0 Å². The van der Waals surface area contributed by atoms with Gasteiger partial charge in [0.05, 0.1) is 11.3 Å². The van der Waals surface area contributed by atoms with E-state index in [-0.39, 0.29) is 0 Å². The van der Waals surface area contributed by atoms with E-state index in [0.29, 0.717) is 5.56 Å². The molecule has 3 nitrogen and oxygen atoms in total. The minimum absolute atomic E-state index is 0.382. The fraction of sp³-hybridized carbons (Fsp3) is 0.250. The fourth-order valence-electron chi connectivity index (χ4n) is 1.79. The largest absolute Gasteiger partial charge is 0.478 e. The summed E-state index contributed by atoms with van der Waals surface area (Å²) < 4.78 is 0. The lowest BCUT2D eigenvalue weighted by Crippen LogP contribution is -2.28. The summed E-state index contributed by atoms with van der Waals surface area (Å²) in [6.07, 6.45) is 5.18. The first-order valence-corrected chi connectivity index (χ1v) is 5.01. The monoisotopic (exact) mass is 203 g/mol. The highest BCUT2D eigenvalue weighted by Crippen LogP contribution is 2.21. The van der Waals surface area contributed by atoms with Crippen LogP contribution in [0, 0.1) is 0 Å². The molecule has 0 atom stereocenters. The van der Waals surface area contributed by atoms with Gasteiger partial charge in [-0.05, 0) is 18.6 Å². The van der Waals surface area contributed by atoms with E-state index in [1.165, 1.54) is 0 Å². The van der Waals surface area contributed by atoms with Gasteiger partial charge >= 0.3 is 5.97 Å². The number of anilines is 1. The van der Waals surface area contributed by atoms with Gasteiger partial charge in [-0.25, -0.2) is 4.79 Å². The zero-order chi connectivity index (χ0) is 10.7. The molecule has 1 heterocycles. The number of para-hydroxylation sites is 1. The maximum atomic E-state index is 11.0. The minimum atomic E-state index is -0.861. The molecule has 15 heavy (non-hydrogen) atoms. The molecule has 0 aromatic heterocycles. The van der Waals surface area contributed by atoms with Crippen LogP contribution in [0.2, 0.25) is 0 Å². The van der Waals surface area contributed by atoms with E-state index in [1.807, 2.05) is 12.1 Å². The van der Waals surface area contributed by atoms with Gasteiger partial charge in [0.1, 0.15) is 0 Å². The van der Waals surface area contributed by atoms with Gasteiger partial charge in [-0.1, -0.05) is 24.3 Å². The van der Waals surface area contributed by atoms with Crippen LogP contribution in [0.3, 0.4) is 0 Å². The molecule has 3 heteroatoms. The van der Waals surface area contributed by atoms with Crippen molar-refractivity contribution in [2.24, 2.45) is 0 Å². The summed E-state index contributed by atoms with van der Waals surface area (Å²) in [6.45, 7) is 1.69. The molecule has 78 valence electrons. The van der Waals surface area contributed by atoms with Crippen molar-refractivity contribution in [3.8, 4) is 0 Å². The van der Waals surface area contributed by atoms with E-state index in [4.69, 9.17) is 5.11 Å². The smallest absolute Gasteiger partial charge is 0.337 e. The molecule has 0 aliphatic carbocycles. The summed E-state index contributed by atoms with van der Waals surface area (Å²) in [5.41, 5.74) is 1.20. The zero-order valence-electron chi connectivity index (χ0n) is 8.39. The van der Waals surface area contributed by atoms with Gasteiger partial charge in [0.15, 0.2) is 0 Å². The van der Waals surface area contributed by atoms with E-state index in [1.54, 1.807) is 12.1 Å². The molecule has 1 aromatic rings. The van der Waals surface area contributed by atoms with Crippen LogP contribution in [0.5, 0.6) is 0 Å². The quantitative estimate of drug-likeness (QED) is 0.749. The molecule has 1 aromatic carbocycles. The Morgan fingerprint density at radius 3 is 2.73 bits per heavy atom. The second-order valence-electron chi connectivity index (χ2n) is 3.53. The standard InChI is InChI=1S/C12H13NO2/c14-12(15)10-6-2-3-7-11(10)13-8-4-1-5-9-13/h1-4,6-7H,5,8-9H2,(H,14,15). The molecule has 0 bridgehead atoms. The number of hydrogen-bond donors (Lipinski definition) is 1. The summed E-state index contributed by atoms with van der Waals surface area (Å²) >= 11 is 0. The van der Waals surface area contributed by atoms with Crippen LogP contribution in [0.1, 0.15) is 16.8 Å². The van der Waals surface area contributed by atoms with Gasteiger partial charge in [-0.15, -0.1) is 0 Å². The van der Waals surface area contributed by atoms with E-state index < -0.39 is 5.97 Å². The second kappa shape index (κ2) is 4.17. The number of aromatic carboxylic acids is 1. The van der Waals surface area contributed by atoms with Crippen molar-refractivity contribution in [3.05, 3.63) is 42.0 Å². The number of rotatable bonds is 2. The van der Waals surface area contributed by atoms with Crippen molar-refractivity contribution in [1.82, 2.24) is 0 Å². The molecule has 0 saturated carbocycles. The van der Waals surface area contributed by atoms with E-state index in [0.717, 1.165) is 25.2 Å². The van der Waals surface area contributed by atoms with E-state index in [2.05, 4.69) is 17.1 Å². The van der Waals surface area contributed by atoms with Crippen molar-refractivity contribution < 1.29 is 9.90 Å². The van der Waals surface area contributed by atoms with Crippen LogP contribution in [0.15, 0.2) is 36.4 Å². The Bertz CT molecular complexity index is 398. The van der Waals surface area contributed by atoms with Gasteiger partial charge in [-0.3, -0.25) is 0 Å². The predicted molar refractivity (Wildman–Crippen MR) is 59.4 cm³/mol. The second-order valence-corrected chi connectivity index (χ2v) is 3.53. The Morgan fingerprint density at radius 2 is 2.07 bits per heavy atom. The summed E-state index contributed by atoms with van der Waals surface area (Å²) in [6, 6.07) is 7.14. The first kappa shape index (κ1) is 9.77. The highest BCUT2D eigenvalue weighted by molar-refractivity contribution is 5.94. The van der Waals surface area contributed by atoms with Crippen LogP contribution < -0.4 is 4.90 Å². The van der Waals surface area contributed by atoms with E-state index >= 15 is 0 Å². The first-order valence-electron chi connectivity index (χ1n) is 5.01. The average molecular weight is 203 g/mol. The zero-order valence-corrected chi connectivity index (χ0v) is 8.39. The Balaban J connectivity index is 2.34. The van der Waals surface area contributed by atoms with Crippen molar-refractivity contribution in [3.63, 3.8) is 0 Å². The topological polar surface area (TPSA) is 40.5 Å². The van der Waals surface area contributed by atoms with Gasteiger partial charge in [0, 0.05) is 13.1 Å². The average Bonchev–Trinajstić information content (AvgIpc) is 2.30. The lowest BCUT2D eigenvalue weighted by Gasteiger charge is -2.26. The highest BCUT2D eigenvalue weighted by atomic mass is 16.4. The summed E-state index contributed by atoms with van der Waals surface area (Å²) in [5.74, 6) is -0.861. The third-order valence-electron chi connectivity index (χ3n) is 2.53. The third kappa shape index (κ3) is 2.01. The molecule has 2 rings (SSSR count). The van der Waals surface area contributed by atoms with Gasteiger partial charge in [-0.2, -0.15) is 0 Å². The molecule has 1 N–H and O–H groups in total. The van der Waals surface area contributed by atoms with Crippen LogP contribution >= 0.6 is 0 Å². The molecular formula is C12H13NO2. The van der Waals surface area contributed by atoms with Crippen molar-refractivity contribution in [2.75, 3.05) is 18.0 Å². The number of carboxylic acid groups (broad SMARTS) is 1. The Morgan fingerprint density at radius 1 is 1.27 bits per heavy atom. The predicted octanol–water partition coefficient (Wildman–Crippen LogP) is 2.15. The van der Waals surface area contributed by atoms with Crippen LogP contribution in [0.25, 0.3) is 0 Å². The highest BCUT2D eigenvalue weighted by Gasteiger charge is 2.15. The minimum Gasteiger partial charge on any atom is -0.478 e. The molecule has 0 amide bonds. The lowest BCUT2D eigenvalue weighted by atomic mass is 10.1. The molecule has 1 aliphatic heterocycles. The fourth-order valence-corrected chi connectivity index (χ4v) is 1.79. The van der Waals surface area contributed by atoms with Crippen molar-refractivity contribution in [1.29, 1.82) is 0 Å². The van der Waals surface area contributed by atoms with Crippen molar-refractivity contribution >= 4 is 11.7 Å². The Labute approximate surface area is 88.6 Å². The summed E-state index contributed by atoms with van der Waals surface area (Å²) in [4.78, 5) is 13.1. The molecule has 0 unspecified atom stereocenters. The number of benzene rings is 1. The molecule has 1 aliphatic rings. The Kier molecular flexibility index (Phi) is 2.72. The van der Waals surface area contributed by atoms with Crippen LogP contribution in [0.4, 0.5) is 5.69 Å². The first-order chi connectivity index (χ1) is 7.29. The summed E-state index contributed by atoms with van der Waals surface area (Å²) in [5, 5.41) is 9.05. The van der Waals surface area contributed by atoms with E-state index in [9.17, 15) is 4.79 Å². The normalized spacial score (nSPS) is 15.3. The van der Waals surface area contributed by atoms with Gasteiger partial charge in [0.25, 0.3) is 0 Å². The summed E-state index contributed by atoms with van der Waals surface area (Å²) in [7, 11) is 0. The molecule has 0 saturated heterocycles. The van der Waals surface area contributed by atoms with Crippen LogP contribution in [-0.2, 0) is 0 Å². The molecule has 0 spiro atoms. The number of hydrogen-bond acceptors (Lipinski definition) is 2. The third-order valence-corrected chi connectivity index (χ3v) is 2.53. The van der Waals surface area contributed by atoms with Crippen LogP contribution in [-0.4, -0.2) is 24.2 Å². The maximum Gasteiger partial charge on any atom is 0.337 e. The SMILES string of the molecule is O=C(O)c1ccccc1N1CC=CCC1. The number of carbonyl (C=O) groups is 1. The lowest BCUT2D eigenvalue weighted by molar-refractivity contribution is 0.0697. The molecular weight excluding hydrogens is 190 g/mol. The molecule has 0 radical (unpaired) electrons. The number of carboxylic acids is 1. The maximum absolute atomic E-state index is 11.0. The number of nitrogens with zero attached hydrogens (tertiary/aromatic N) is 1. The Hall–Kier alpha value is -1.77. The molecule has 0 fully saturated rings.